The van der Waals surface area contributed by atoms with Crippen LogP contribution in [-0.2, 0) is 11.3 Å². The third-order valence-electron chi connectivity index (χ3n) is 3.59. The molecule has 0 spiro atoms. The van der Waals surface area contributed by atoms with Gasteiger partial charge in [-0.3, -0.25) is 9.69 Å². The molecule has 0 radical (unpaired) electrons. The molecule has 0 aliphatic heterocycles. The Morgan fingerprint density at radius 1 is 1.41 bits per heavy atom. The number of halogens is 1. The van der Waals surface area contributed by atoms with Crippen molar-refractivity contribution in [2.45, 2.75) is 45.9 Å². The zero-order valence-electron chi connectivity index (χ0n) is 14.1. The lowest BCUT2D eigenvalue weighted by Gasteiger charge is -2.34. The lowest BCUT2D eigenvalue weighted by molar-refractivity contribution is -0.136. The van der Waals surface area contributed by atoms with Crippen molar-refractivity contribution >= 4 is 5.91 Å². The summed E-state index contributed by atoms with van der Waals surface area (Å²) in [5, 5.41) is 9.95. The van der Waals surface area contributed by atoms with Gasteiger partial charge in [0, 0.05) is 20.1 Å². The Bertz CT molecular complexity index is 500. The predicted molar refractivity (Wildman–Crippen MR) is 85.9 cm³/mol. The van der Waals surface area contributed by atoms with Gasteiger partial charge in [0.2, 0.25) is 5.91 Å². The van der Waals surface area contributed by atoms with E-state index in [0.717, 1.165) is 5.56 Å². The van der Waals surface area contributed by atoms with Crippen LogP contribution in [0.25, 0.3) is 0 Å². The average Bonchev–Trinajstić information content (AvgIpc) is 2.42. The number of aliphatic hydroxyl groups is 1. The highest BCUT2D eigenvalue weighted by Crippen LogP contribution is 2.12. The van der Waals surface area contributed by atoms with E-state index < -0.39 is 5.60 Å². The summed E-state index contributed by atoms with van der Waals surface area (Å²) in [6, 6.07) is 5.92. The molecular weight excluding hydrogens is 283 g/mol. The van der Waals surface area contributed by atoms with Crippen LogP contribution in [0.5, 0.6) is 0 Å². The summed E-state index contributed by atoms with van der Waals surface area (Å²) in [6.45, 7) is 8.70. The Morgan fingerprint density at radius 2 is 2.05 bits per heavy atom. The van der Waals surface area contributed by atoms with Crippen LogP contribution in [0.2, 0.25) is 0 Å². The first-order valence-corrected chi connectivity index (χ1v) is 7.60. The van der Waals surface area contributed by atoms with Crippen molar-refractivity contribution in [1.29, 1.82) is 0 Å². The normalized spacial score (nSPS) is 13.3. The van der Waals surface area contributed by atoms with Crippen LogP contribution in [0.3, 0.4) is 0 Å². The van der Waals surface area contributed by atoms with Crippen LogP contribution in [-0.4, -0.2) is 52.6 Å². The minimum Gasteiger partial charge on any atom is -0.389 e. The van der Waals surface area contributed by atoms with Gasteiger partial charge in [-0.05, 0) is 45.0 Å². The summed E-state index contributed by atoms with van der Waals surface area (Å²) in [7, 11) is 1.71. The fourth-order valence-electron chi connectivity index (χ4n) is 2.48. The highest BCUT2D eigenvalue weighted by atomic mass is 19.1. The molecule has 0 fully saturated rings. The van der Waals surface area contributed by atoms with Gasteiger partial charge < -0.3 is 10.0 Å². The average molecular weight is 310 g/mol. The predicted octanol–water partition coefficient (Wildman–Crippen LogP) is 2.27. The molecule has 1 N–H and O–H groups in total. The quantitative estimate of drug-likeness (QED) is 0.840. The molecule has 5 heteroatoms. The van der Waals surface area contributed by atoms with Crippen molar-refractivity contribution in [2.24, 2.45) is 0 Å². The largest absolute Gasteiger partial charge is 0.389 e. The van der Waals surface area contributed by atoms with Crippen LogP contribution >= 0.6 is 0 Å². The van der Waals surface area contributed by atoms with Crippen molar-refractivity contribution in [3.05, 3.63) is 35.6 Å². The van der Waals surface area contributed by atoms with E-state index in [1.54, 1.807) is 37.9 Å². The molecule has 1 aromatic rings. The highest BCUT2D eigenvalue weighted by molar-refractivity contribution is 5.81. The number of hydrogen-bond donors (Lipinski definition) is 1. The second-order valence-corrected chi connectivity index (χ2v) is 6.38. The van der Waals surface area contributed by atoms with Gasteiger partial charge >= 0.3 is 0 Å². The number of rotatable bonds is 7. The molecule has 0 aliphatic rings. The van der Waals surface area contributed by atoms with E-state index in [1.165, 1.54) is 12.1 Å². The monoisotopic (exact) mass is 310 g/mol. The maximum atomic E-state index is 13.2. The van der Waals surface area contributed by atoms with E-state index in [-0.39, 0.29) is 17.8 Å². The molecule has 0 saturated heterocycles. The summed E-state index contributed by atoms with van der Waals surface area (Å²) in [4.78, 5) is 16.1. The third kappa shape index (κ3) is 5.73. The van der Waals surface area contributed by atoms with Crippen LogP contribution in [0.15, 0.2) is 24.3 Å². The summed E-state index contributed by atoms with van der Waals surface area (Å²) in [5.74, 6) is -0.348. The van der Waals surface area contributed by atoms with Gasteiger partial charge in [-0.25, -0.2) is 4.39 Å². The number of nitrogens with zero attached hydrogens (tertiary/aromatic N) is 2. The maximum absolute atomic E-state index is 13.2. The molecule has 0 aromatic heterocycles. The van der Waals surface area contributed by atoms with Crippen LogP contribution < -0.4 is 0 Å². The molecule has 0 saturated carbocycles. The first kappa shape index (κ1) is 18.6. The zero-order chi connectivity index (χ0) is 16.9. The van der Waals surface area contributed by atoms with Gasteiger partial charge in [-0.1, -0.05) is 19.1 Å². The maximum Gasteiger partial charge on any atom is 0.239 e. The Labute approximate surface area is 132 Å². The van der Waals surface area contributed by atoms with E-state index in [2.05, 4.69) is 0 Å². The van der Waals surface area contributed by atoms with E-state index in [0.29, 0.717) is 19.6 Å². The van der Waals surface area contributed by atoms with E-state index in [1.807, 2.05) is 18.7 Å². The second-order valence-electron chi connectivity index (χ2n) is 6.38. The Morgan fingerprint density at radius 3 is 2.55 bits per heavy atom. The number of carbonyl (C=O) groups excluding carboxylic acids is 1. The minimum atomic E-state index is -0.855. The summed E-state index contributed by atoms with van der Waals surface area (Å²) >= 11 is 0. The van der Waals surface area contributed by atoms with E-state index in [4.69, 9.17) is 0 Å². The molecule has 124 valence electrons. The standard InChI is InChI=1S/C17H27FN2O2/c1-6-20(12-17(3,4)22)13(2)16(21)19(5)11-14-8-7-9-15(18)10-14/h7-10,13,22H,6,11-12H2,1-5H3. The van der Waals surface area contributed by atoms with Crippen molar-refractivity contribution < 1.29 is 14.3 Å². The summed E-state index contributed by atoms with van der Waals surface area (Å²) < 4.78 is 13.2. The molecule has 1 aromatic carbocycles. The first-order chi connectivity index (χ1) is 10.1. The van der Waals surface area contributed by atoms with Crippen LogP contribution in [0.1, 0.15) is 33.3 Å². The van der Waals surface area contributed by atoms with Gasteiger partial charge in [0.1, 0.15) is 5.82 Å². The van der Waals surface area contributed by atoms with Crippen molar-refractivity contribution in [2.75, 3.05) is 20.1 Å². The van der Waals surface area contributed by atoms with Crippen LogP contribution in [0.4, 0.5) is 4.39 Å². The zero-order valence-corrected chi connectivity index (χ0v) is 14.1. The third-order valence-corrected chi connectivity index (χ3v) is 3.59. The van der Waals surface area contributed by atoms with Gasteiger partial charge in [-0.15, -0.1) is 0 Å². The first-order valence-electron chi connectivity index (χ1n) is 7.60. The Balaban J connectivity index is 2.71. The smallest absolute Gasteiger partial charge is 0.239 e. The molecule has 0 aliphatic carbocycles. The van der Waals surface area contributed by atoms with Gasteiger partial charge in [0.25, 0.3) is 0 Å². The fraction of sp³-hybridized carbons (Fsp3) is 0.588. The number of amides is 1. The SMILES string of the molecule is CCN(CC(C)(C)O)C(C)C(=O)N(C)Cc1cccc(F)c1. The van der Waals surface area contributed by atoms with Crippen molar-refractivity contribution in [1.82, 2.24) is 9.80 Å². The molecular formula is C17H27FN2O2. The molecule has 0 heterocycles. The molecule has 1 atom stereocenters. The lowest BCUT2D eigenvalue weighted by Crippen LogP contribution is -2.50. The molecule has 4 nitrogen and oxygen atoms in total. The molecule has 1 rings (SSSR count). The van der Waals surface area contributed by atoms with Gasteiger partial charge in [0.15, 0.2) is 0 Å². The number of likely N-dealkylation sites (N-methyl/N-ethyl adjacent to an activating group) is 2. The topological polar surface area (TPSA) is 43.8 Å². The van der Waals surface area contributed by atoms with Gasteiger partial charge in [-0.2, -0.15) is 0 Å². The minimum absolute atomic E-state index is 0.0460. The molecule has 1 amide bonds. The molecule has 0 bridgehead atoms. The molecule has 22 heavy (non-hydrogen) atoms. The second kappa shape index (κ2) is 7.70. The van der Waals surface area contributed by atoms with E-state index in [9.17, 15) is 14.3 Å². The Hall–Kier alpha value is -1.46. The van der Waals surface area contributed by atoms with E-state index >= 15 is 0 Å². The van der Waals surface area contributed by atoms with Crippen LogP contribution in [0, 0.1) is 5.82 Å². The lowest BCUT2D eigenvalue weighted by atomic mass is 10.1. The number of carbonyl (C=O) groups is 1. The fourth-order valence-corrected chi connectivity index (χ4v) is 2.48. The van der Waals surface area contributed by atoms with Gasteiger partial charge in [0.05, 0.1) is 11.6 Å². The summed E-state index contributed by atoms with van der Waals surface area (Å²) in [6.07, 6.45) is 0. The number of hydrogen-bond acceptors (Lipinski definition) is 3. The highest BCUT2D eigenvalue weighted by Gasteiger charge is 2.27. The summed E-state index contributed by atoms with van der Waals surface area (Å²) in [5.41, 5.74) is -0.0975. The molecule has 1 unspecified atom stereocenters. The number of benzene rings is 1. The Kier molecular flexibility index (Phi) is 6.50. The van der Waals surface area contributed by atoms with Crippen molar-refractivity contribution in [3.8, 4) is 0 Å². The van der Waals surface area contributed by atoms with Crippen molar-refractivity contribution in [3.63, 3.8) is 0 Å².